The van der Waals surface area contributed by atoms with Crippen LogP contribution in [0.1, 0.15) is 83.1 Å². The third-order valence-electron chi connectivity index (χ3n) is 7.35. The van der Waals surface area contributed by atoms with E-state index >= 15 is 0 Å². The van der Waals surface area contributed by atoms with Gasteiger partial charge in [0, 0.05) is 6.07 Å². The molecule has 1 nitrogen and oxygen atoms in total. The van der Waals surface area contributed by atoms with E-state index in [1.807, 2.05) is 6.92 Å². The molecule has 0 amide bonds. The zero-order chi connectivity index (χ0) is 23.0. The van der Waals surface area contributed by atoms with Gasteiger partial charge in [-0.15, -0.1) is 6.58 Å². The van der Waals surface area contributed by atoms with Crippen molar-refractivity contribution in [3.63, 3.8) is 0 Å². The minimum Gasteiger partial charge on any atom is -0.432 e. The summed E-state index contributed by atoms with van der Waals surface area (Å²) in [5.41, 5.74) is 0.540. The van der Waals surface area contributed by atoms with Gasteiger partial charge in [0.25, 0.3) is 0 Å². The molecule has 0 spiro atoms. The summed E-state index contributed by atoms with van der Waals surface area (Å²) in [4.78, 5) is 0. The fourth-order valence-electron chi connectivity index (χ4n) is 5.22. The van der Waals surface area contributed by atoms with Crippen LogP contribution in [0.2, 0.25) is 0 Å². The van der Waals surface area contributed by atoms with E-state index in [0.29, 0.717) is 42.1 Å². The van der Waals surface area contributed by atoms with Crippen LogP contribution >= 0.6 is 0 Å². The quantitative estimate of drug-likeness (QED) is 0.325. The number of halogens is 3. The van der Waals surface area contributed by atoms with Crippen molar-refractivity contribution in [2.24, 2.45) is 23.7 Å². The van der Waals surface area contributed by atoms with E-state index in [1.54, 1.807) is 6.07 Å². The average Bonchev–Trinajstić information content (AvgIpc) is 2.79. The number of aryl methyl sites for hydroxylation is 1. The summed E-state index contributed by atoms with van der Waals surface area (Å²) in [5.74, 6) is 1.73. The van der Waals surface area contributed by atoms with E-state index < -0.39 is 11.9 Å². The van der Waals surface area contributed by atoms with Crippen LogP contribution in [0.3, 0.4) is 0 Å². The number of benzene rings is 1. The molecule has 32 heavy (non-hydrogen) atoms. The Kier molecular flexibility index (Phi) is 9.31. The maximum Gasteiger partial charge on any atom is 0.397 e. The van der Waals surface area contributed by atoms with Gasteiger partial charge in [0.1, 0.15) is 11.6 Å². The molecule has 0 bridgehead atoms. The molecule has 0 atom stereocenters. The van der Waals surface area contributed by atoms with E-state index in [-0.39, 0.29) is 12.2 Å². The summed E-state index contributed by atoms with van der Waals surface area (Å²) >= 11 is 0. The number of rotatable bonds is 10. The molecule has 2 aliphatic rings. The van der Waals surface area contributed by atoms with Crippen molar-refractivity contribution >= 4 is 0 Å². The topological polar surface area (TPSA) is 9.23 Å². The largest absolute Gasteiger partial charge is 0.432 e. The third kappa shape index (κ3) is 7.71. The maximum atomic E-state index is 14.3. The van der Waals surface area contributed by atoms with Crippen molar-refractivity contribution in [1.29, 1.82) is 0 Å². The highest BCUT2D eigenvalue weighted by Crippen LogP contribution is 2.37. The van der Waals surface area contributed by atoms with Gasteiger partial charge in [-0.25, -0.2) is 4.39 Å². The van der Waals surface area contributed by atoms with Gasteiger partial charge >= 0.3 is 6.11 Å². The molecule has 0 heterocycles. The molecular weight excluding hydrogens is 409 g/mol. The predicted octanol–water partition coefficient (Wildman–Crippen LogP) is 8.89. The highest BCUT2D eigenvalue weighted by molar-refractivity contribution is 5.29. The third-order valence-corrected chi connectivity index (χ3v) is 7.35. The fourth-order valence-corrected chi connectivity index (χ4v) is 5.22. The first-order valence-electron chi connectivity index (χ1n) is 12.5. The summed E-state index contributed by atoms with van der Waals surface area (Å²) < 4.78 is 47.5. The molecule has 4 heteroatoms. The van der Waals surface area contributed by atoms with Crippen molar-refractivity contribution in [3.8, 4) is 5.75 Å². The monoisotopic (exact) mass is 448 g/mol. The Morgan fingerprint density at radius 2 is 1.56 bits per heavy atom. The Morgan fingerprint density at radius 3 is 2.12 bits per heavy atom. The Balaban J connectivity index is 1.38. The average molecular weight is 449 g/mol. The summed E-state index contributed by atoms with van der Waals surface area (Å²) in [5, 5.41) is 0. The Hall–Kier alpha value is -1.71. The first-order chi connectivity index (χ1) is 15.4. The number of alkyl halides is 2. The summed E-state index contributed by atoms with van der Waals surface area (Å²) in [6.07, 6.45) is 14.3. The molecular formula is C28H39F3O. The molecule has 0 aliphatic heterocycles. The Bertz CT molecular complexity index is 741. The number of ether oxygens (including phenoxy) is 1. The van der Waals surface area contributed by atoms with Crippen molar-refractivity contribution in [3.05, 3.63) is 54.4 Å². The molecule has 0 N–H and O–H groups in total. The first kappa shape index (κ1) is 24.9. The van der Waals surface area contributed by atoms with Crippen LogP contribution in [-0.4, -0.2) is 6.11 Å². The van der Waals surface area contributed by atoms with Gasteiger partial charge in [-0.2, -0.15) is 8.78 Å². The number of allylic oxidation sites excluding steroid dienone is 3. The van der Waals surface area contributed by atoms with Gasteiger partial charge in [0.05, 0.1) is 6.42 Å². The molecule has 1 aromatic rings. The first-order valence-corrected chi connectivity index (χ1v) is 12.5. The zero-order valence-electron chi connectivity index (χ0n) is 19.5. The lowest BCUT2D eigenvalue weighted by atomic mass is 9.78. The van der Waals surface area contributed by atoms with Crippen LogP contribution in [0.25, 0.3) is 0 Å². The van der Waals surface area contributed by atoms with Gasteiger partial charge in [-0.1, -0.05) is 37.6 Å². The summed E-state index contributed by atoms with van der Waals surface area (Å²) in [6.45, 7) is 5.87. The van der Waals surface area contributed by atoms with E-state index in [1.165, 1.54) is 31.7 Å². The second kappa shape index (κ2) is 12.0. The number of hydrogen-bond donors (Lipinski definition) is 0. The van der Waals surface area contributed by atoms with Crippen LogP contribution < -0.4 is 4.74 Å². The van der Waals surface area contributed by atoms with E-state index in [9.17, 15) is 13.2 Å². The number of hydrogen-bond acceptors (Lipinski definition) is 1. The standard InChI is InChI=1S/C28H39F3O/c1-3-5-25-16-17-26(20-27(25)29)32-28(30,31)19-18-24-14-12-23(13-15-24)11-10-22-8-6-21(4-2)7-9-22/h4,10-11,16-17,20-24H,2-3,5-9,12-15,18-19H2,1H3. The van der Waals surface area contributed by atoms with E-state index in [0.717, 1.165) is 38.2 Å². The van der Waals surface area contributed by atoms with E-state index in [4.69, 9.17) is 4.74 Å². The zero-order valence-corrected chi connectivity index (χ0v) is 19.5. The van der Waals surface area contributed by atoms with Crippen molar-refractivity contribution in [2.75, 3.05) is 0 Å². The van der Waals surface area contributed by atoms with Gasteiger partial charge < -0.3 is 4.74 Å². The molecule has 0 aromatic heterocycles. The van der Waals surface area contributed by atoms with Crippen LogP contribution in [0, 0.1) is 29.5 Å². The minimum absolute atomic E-state index is 0.0941. The van der Waals surface area contributed by atoms with Gasteiger partial charge in [-0.3, -0.25) is 0 Å². The predicted molar refractivity (Wildman–Crippen MR) is 125 cm³/mol. The lowest BCUT2D eigenvalue weighted by Gasteiger charge is -2.29. The Morgan fingerprint density at radius 1 is 0.969 bits per heavy atom. The molecule has 2 aliphatic carbocycles. The molecule has 0 saturated heterocycles. The normalized spacial score (nSPS) is 26.9. The van der Waals surface area contributed by atoms with Gasteiger partial charge in [0.15, 0.2) is 0 Å². The van der Waals surface area contributed by atoms with Gasteiger partial charge in [0.2, 0.25) is 0 Å². The summed E-state index contributed by atoms with van der Waals surface area (Å²) in [6, 6.07) is 4.08. The van der Waals surface area contributed by atoms with Crippen LogP contribution in [0.5, 0.6) is 5.75 Å². The maximum absolute atomic E-state index is 14.3. The van der Waals surface area contributed by atoms with Crippen LogP contribution in [0.15, 0.2) is 43.0 Å². The molecule has 0 radical (unpaired) electrons. The highest BCUT2D eigenvalue weighted by atomic mass is 19.3. The highest BCUT2D eigenvalue weighted by Gasteiger charge is 2.33. The van der Waals surface area contributed by atoms with Crippen molar-refractivity contribution in [1.82, 2.24) is 0 Å². The molecule has 2 fully saturated rings. The van der Waals surface area contributed by atoms with Crippen molar-refractivity contribution in [2.45, 2.75) is 90.1 Å². The van der Waals surface area contributed by atoms with E-state index in [2.05, 4.69) is 24.8 Å². The van der Waals surface area contributed by atoms with Gasteiger partial charge in [-0.05, 0) is 99.5 Å². The molecule has 178 valence electrons. The molecule has 0 unspecified atom stereocenters. The smallest absolute Gasteiger partial charge is 0.397 e. The lowest BCUT2D eigenvalue weighted by Crippen LogP contribution is -2.26. The Labute approximate surface area is 192 Å². The molecule has 2 saturated carbocycles. The van der Waals surface area contributed by atoms with Crippen molar-refractivity contribution < 1.29 is 17.9 Å². The fraction of sp³-hybridized carbons (Fsp3) is 0.643. The van der Waals surface area contributed by atoms with Crippen LogP contribution in [0.4, 0.5) is 13.2 Å². The lowest BCUT2D eigenvalue weighted by molar-refractivity contribution is -0.183. The SMILES string of the molecule is C=CC1CCC(C=CC2CCC(CCC(F)(F)Oc3ccc(CCC)c(F)c3)CC2)CC1. The minimum atomic E-state index is -3.26. The summed E-state index contributed by atoms with van der Waals surface area (Å²) in [7, 11) is 0. The molecule has 3 rings (SSSR count). The van der Waals surface area contributed by atoms with Crippen LogP contribution in [-0.2, 0) is 6.42 Å². The second-order valence-corrected chi connectivity index (χ2v) is 9.86. The molecule has 1 aromatic carbocycles. The second-order valence-electron chi connectivity index (χ2n) is 9.86.